The summed E-state index contributed by atoms with van der Waals surface area (Å²) in [6.07, 6.45) is 2.26. The number of nitrogens with one attached hydrogen (secondary N) is 1. The first-order valence-electron chi connectivity index (χ1n) is 8.49. The average Bonchev–Trinajstić information content (AvgIpc) is 3.24. The standard InChI is InChI=1S/C20H18N2O3S/c1-2-25-20(24)17-11-13-16(26-17)7-6-14-18(13)12(8-10-23)19(22-14)15-5-3-4-9-21-15/h3-7,9,11,22-23H,2,8,10H2,1H3. The van der Waals surface area contributed by atoms with E-state index in [0.717, 1.165) is 37.9 Å². The van der Waals surface area contributed by atoms with Crippen LogP contribution in [-0.2, 0) is 11.2 Å². The number of thiophene rings is 1. The van der Waals surface area contributed by atoms with Gasteiger partial charge in [-0.3, -0.25) is 4.98 Å². The SMILES string of the molecule is CCOC(=O)c1cc2c(ccc3[nH]c(-c4ccccn4)c(CCO)c32)s1. The molecule has 1 aromatic carbocycles. The molecule has 3 heterocycles. The van der Waals surface area contributed by atoms with E-state index in [0.29, 0.717) is 17.9 Å². The maximum Gasteiger partial charge on any atom is 0.348 e. The van der Waals surface area contributed by atoms with Crippen molar-refractivity contribution in [1.82, 2.24) is 9.97 Å². The van der Waals surface area contributed by atoms with Crippen molar-refractivity contribution >= 4 is 38.3 Å². The third-order valence-electron chi connectivity index (χ3n) is 4.32. The number of aromatic amines is 1. The summed E-state index contributed by atoms with van der Waals surface area (Å²) in [6, 6.07) is 11.7. The van der Waals surface area contributed by atoms with E-state index < -0.39 is 0 Å². The Morgan fingerprint density at radius 1 is 1.31 bits per heavy atom. The van der Waals surface area contributed by atoms with Crippen molar-refractivity contribution in [1.29, 1.82) is 0 Å². The lowest BCUT2D eigenvalue weighted by atomic mass is 10.0. The number of aliphatic hydroxyl groups excluding tert-OH is 1. The van der Waals surface area contributed by atoms with E-state index >= 15 is 0 Å². The summed E-state index contributed by atoms with van der Waals surface area (Å²) in [4.78, 5) is 20.6. The van der Waals surface area contributed by atoms with Crippen LogP contribution in [0.25, 0.3) is 32.4 Å². The fourth-order valence-electron chi connectivity index (χ4n) is 3.27. The number of nitrogens with zero attached hydrogens (tertiary/aromatic N) is 1. The van der Waals surface area contributed by atoms with E-state index in [1.54, 1.807) is 13.1 Å². The normalized spacial score (nSPS) is 11.3. The van der Waals surface area contributed by atoms with E-state index in [1.165, 1.54) is 11.3 Å². The number of rotatable bonds is 5. The fraction of sp³-hybridized carbons (Fsp3) is 0.200. The molecule has 4 aromatic rings. The van der Waals surface area contributed by atoms with Crippen LogP contribution in [-0.4, -0.2) is 34.3 Å². The van der Waals surface area contributed by atoms with Gasteiger partial charge in [-0.05, 0) is 49.2 Å². The maximum absolute atomic E-state index is 12.1. The van der Waals surface area contributed by atoms with Gasteiger partial charge in [-0.25, -0.2) is 4.79 Å². The lowest BCUT2D eigenvalue weighted by Gasteiger charge is -2.03. The molecule has 6 heteroatoms. The molecule has 3 aromatic heterocycles. The molecule has 0 saturated carbocycles. The highest BCUT2D eigenvalue weighted by Crippen LogP contribution is 2.38. The van der Waals surface area contributed by atoms with Gasteiger partial charge in [0.15, 0.2) is 0 Å². The van der Waals surface area contributed by atoms with Gasteiger partial charge in [-0.15, -0.1) is 11.3 Å². The number of H-pyrrole nitrogens is 1. The highest BCUT2D eigenvalue weighted by molar-refractivity contribution is 7.20. The van der Waals surface area contributed by atoms with Gasteiger partial charge in [-0.2, -0.15) is 0 Å². The second-order valence-corrected chi connectivity index (χ2v) is 6.98. The molecule has 0 aliphatic carbocycles. The molecule has 0 atom stereocenters. The minimum absolute atomic E-state index is 0.0397. The number of pyridine rings is 1. The van der Waals surface area contributed by atoms with Gasteiger partial charge in [0.25, 0.3) is 0 Å². The molecule has 0 aliphatic rings. The van der Waals surface area contributed by atoms with Crippen LogP contribution in [0.3, 0.4) is 0 Å². The molecule has 0 radical (unpaired) electrons. The van der Waals surface area contributed by atoms with Crippen LogP contribution in [0.2, 0.25) is 0 Å². The lowest BCUT2D eigenvalue weighted by molar-refractivity contribution is 0.0532. The predicted octanol–water partition coefficient (Wildman–Crippen LogP) is 4.16. The molecular formula is C20H18N2O3S. The third kappa shape index (κ3) is 2.77. The number of ether oxygens (including phenoxy) is 1. The Morgan fingerprint density at radius 3 is 2.92 bits per heavy atom. The van der Waals surface area contributed by atoms with Crippen LogP contribution in [0.15, 0.2) is 42.6 Å². The number of esters is 1. The van der Waals surface area contributed by atoms with Crippen molar-refractivity contribution in [2.45, 2.75) is 13.3 Å². The fourth-order valence-corrected chi connectivity index (χ4v) is 4.23. The van der Waals surface area contributed by atoms with Crippen molar-refractivity contribution in [2.24, 2.45) is 0 Å². The average molecular weight is 366 g/mol. The van der Waals surface area contributed by atoms with Gasteiger partial charge < -0.3 is 14.8 Å². The molecule has 0 unspecified atom stereocenters. The van der Waals surface area contributed by atoms with Crippen molar-refractivity contribution in [3.63, 3.8) is 0 Å². The monoisotopic (exact) mass is 366 g/mol. The summed E-state index contributed by atoms with van der Waals surface area (Å²) < 4.78 is 6.16. The Labute approximate surface area is 154 Å². The van der Waals surface area contributed by atoms with E-state index in [9.17, 15) is 9.90 Å². The summed E-state index contributed by atoms with van der Waals surface area (Å²) in [5.41, 5.74) is 3.72. The van der Waals surface area contributed by atoms with E-state index in [-0.39, 0.29) is 12.6 Å². The number of hydrogen-bond acceptors (Lipinski definition) is 5. The largest absolute Gasteiger partial charge is 0.462 e. The molecule has 0 spiro atoms. The van der Waals surface area contributed by atoms with Crippen LogP contribution in [0.4, 0.5) is 0 Å². The van der Waals surface area contributed by atoms with E-state index in [4.69, 9.17) is 4.74 Å². The first-order chi connectivity index (χ1) is 12.7. The van der Waals surface area contributed by atoms with Gasteiger partial charge in [0.2, 0.25) is 0 Å². The Hall–Kier alpha value is -2.70. The summed E-state index contributed by atoms with van der Waals surface area (Å²) in [6.45, 7) is 2.19. The Morgan fingerprint density at radius 2 is 2.19 bits per heavy atom. The quantitative estimate of drug-likeness (QED) is 0.520. The first kappa shape index (κ1) is 16.8. The molecule has 2 N–H and O–H groups in total. The highest BCUT2D eigenvalue weighted by Gasteiger charge is 2.19. The smallest absolute Gasteiger partial charge is 0.348 e. The molecule has 5 nitrogen and oxygen atoms in total. The number of aromatic nitrogens is 2. The van der Waals surface area contributed by atoms with Crippen molar-refractivity contribution in [3.8, 4) is 11.4 Å². The van der Waals surface area contributed by atoms with Crippen molar-refractivity contribution in [2.75, 3.05) is 13.2 Å². The number of hydrogen-bond donors (Lipinski definition) is 2. The van der Waals surface area contributed by atoms with Crippen LogP contribution in [0.1, 0.15) is 22.2 Å². The molecule has 0 fully saturated rings. The first-order valence-corrected chi connectivity index (χ1v) is 9.31. The van der Waals surface area contributed by atoms with Gasteiger partial charge in [0.05, 0.1) is 18.0 Å². The summed E-state index contributed by atoms with van der Waals surface area (Å²) in [5.74, 6) is -0.300. The van der Waals surface area contributed by atoms with E-state index in [1.807, 2.05) is 36.4 Å². The zero-order chi connectivity index (χ0) is 18.1. The minimum Gasteiger partial charge on any atom is -0.462 e. The molecule has 0 amide bonds. The second kappa shape index (κ2) is 6.90. The highest BCUT2D eigenvalue weighted by atomic mass is 32.1. The topological polar surface area (TPSA) is 75.2 Å². The minimum atomic E-state index is -0.300. The Balaban J connectivity index is 1.97. The van der Waals surface area contributed by atoms with Crippen molar-refractivity contribution < 1.29 is 14.6 Å². The summed E-state index contributed by atoms with van der Waals surface area (Å²) in [5, 5.41) is 11.6. The zero-order valence-corrected chi connectivity index (χ0v) is 15.1. The predicted molar refractivity (Wildman–Crippen MR) is 104 cm³/mol. The zero-order valence-electron chi connectivity index (χ0n) is 14.3. The number of carbonyl (C=O) groups is 1. The second-order valence-electron chi connectivity index (χ2n) is 5.90. The summed E-state index contributed by atoms with van der Waals surface area (Å²) in [7, 11) is 0. The summed E-state index contributed by atoms with van der Waals surface area (Å²) >= 11 is 1.43. The van der Waals surface area contributed by atoms with Gasteiger partial charge in [0.1, 0.15) is 4.88 Å². The van der Waals surface area contributed by atoms with Crippen LogP contribution < -0.4 is 0 Å². The molecule has 26 heavy (non-hydrogen) atoms. The lowest BCUT2D eigenvalue weighted by Crippen LogP contribution is -2.01. The number of benzene rings is 1. The van der Waals surface area contributed by atoms with Crippen LogP contribution in [0.5, 0.6) is 0 Å². The molecule has 0 bridgehead atoms. The van der Waals surface area contributed by atoms with Crippen molar-refractivity contribution in [3.05, 3.63) is 53.0 Å². The van der Waals surface area contributed by atoms with E-state index in [2.05, 4.69) is 9.97 Å². The van der Waals surface area contributed by atoms with Crippen LogP contribution >= 0.6 is 11.3 Å². The van der Waals surface area contributed by atoms with Gasteiger partial charge in [0, 0.05) is 33.8 Å². The number of fused-ring (bicyclic) bond motifs is 3. The molecular weight excluding hydrogens is 348 g/mol. The number of aliphatic hydroxyl groups is 1. The molecule has 0 aliphatic heterocycles. The van der Waals surface area contributed by atoms with Gasteiger partial charge in [-0.1, -0.05) is 6.07 Å². The van der Waals surface area contributed by atoms with Crippen LogP contribution in [0, 0.1) is 0 Å². The molecule has 132 valence electrons. The number of carbonyl (C=O) groups excluding carboxylic acids is 1. The molecule has 0 saturated heterocycles. The Kier molecular flexibility index (Phi) is 4.44. The molecule has 4 rings (SSSR count). The van der Waals surface area contributed by atoms with Gasteiger partial charge >= 0.3 is 5.97 Å². The maximum atomic E-state index is 12.1. The third-order valence-corrected chi connectivity index (χ3v) is 5.40. The Bertz CT molecular complexity index is 1080.